The van der Waals surface area contributed by atoms with Gasteiger partial charge in [-0.05, 0) is 43.9 Å². The molecule has 0 heterocycles. The molecule has 0 aromatic heterocycles. The van der Waals surface area contributed by atoms with E-state index < -0.39 is 18.3 Å². The van der Waals surface area contributed by atoms with E-state index in [9.17, 15) is 17.3 Å². The van der Waals surface area contributed by atoms with Crippen LogP contribution in [-0.4, -0.2) is 13.6 Å². The van der Waals surface area contributed by atoms with Gasteiger partial charge >= 0.3 is 6.98 Å². The number of unbranched alkanes of at least 4 members (excludes halogenated alkanes) is 3. The van der Waals surface area contributed by atoms with Gasteiger partial charge in [0.05, 0.1) is 12.4 Å². The minimum Gasteiger partial charge on any atom is -0.497 e. The molecule has 0 aliphatic carbocycles. The first-order valence-corrected chi connectivity index (χ1v) is 6.18. The minimum atomic E-state index is -5.27. The molecule has 0 N–H and O–H groups in total. The molecule has 1 nitrogen and oxygen atoms in total. The molecule has 0 aliphatic heterocycles. The second-order valence-electron chi connectivity index (χ2n) is 4.24. The van der Waals surface area contributed by atoms with E-state index in [2.05, 4.69) is 6.58 Å². The van der Waals surface area contributed by atoms with Gasteiger partial charge in [-0.2, -0.15) is 0 Å². The van der Waals surface area contributed by atoms with Gasteiger partial charge in [-0.3, -0.25) is 0 Å². The van der Waals surface area contributed by atoms with Gasteiger partial charge in [0.2, 0.25) is 0 Å². The predicted molar refractivity (Wildman–Crippen MR) is 69.3 cm³/mol. The molecule has 0 aliphatic rings. The molecule has 0 spiro atoms. The molecular formula is C13H16BF4O-. The Kier molecular flexibility index (Phi) is 5.92. The van der Waals surface area contributed by atoms with Crippen molar-refractivity contribution in [3.05, 3.63) is 36.7 Å². The van der Waals surface area contributed by atoms with E-state index in [1.807, 2.05) is 0 Å². The Balaban J connectivity index is 2.56. The number of hydrogen-bond donors (Lipinski definition) is 0. The van der Waals surface area contributed by atoms with Gasteiger partial charge < -0.3 is 17.7 Å². The SMILES string of the molecule is C=CCCCCCOc1ccc(F)cc1[B-](F)(F)F. The normalized spacial score (nSPS) is 11.4. The first-order valence-electron chi connectivity index (χ1n) is 6.18. The molecule has 1 rings (SSSR count). The van der Waals surface area contributed by atoms with Gasteiger partial charge in [0.25, 0.3) is 0 Å². The van der Waals surface area contributed by atoms with E-state index in [1.165, 1.54) is 0 Å². The Bertz CT molecular complexity index is 418. The molecule has 0 bridgehead atoms. The van der Waals surface area contributed by atoms with E-state index in [4.69, 9.17) is 4.74 Å². The third-order valence-electron chi connectivity index (χ3n) is 2.63. The average Bonchev–Trinajstić information content (AvgIpc) is 2.34. The maximum atomic E-state index is 12.9. The second-order valence-corrected chi connectivity index (χ2v) is 4.24. The van der Waals surface area contributed by atoms with Gasteiger partial charge in [-0.1, -0.05) is 11.5 Å². The minimum absolute atomic E-state index is 0.196. The lowest BCUT2D eigenvalue weighted by atomic mass is 9.79. The maximum absolute atomic E-state index is 12.9. The lowest BCUT2D eigenvalue weighted by Gasteiger charge is -2.19. The summed E-state index contributed by atoms with van der Waals surface area (Å²) in [6.45, 7) is -1.49. The molecule has 106 valence electrons. The van der Waals surface area contributed by atoms with Crippen molar-refractivity contribution in [2.24, 2.45) is 0 Å². The summed E-state index contributed by atoms with van der Waals surface area (Å²) in [7, 11) is 0. The summed E-state index contributed by atoms with van der Waals surface area (Å²) >= 11 is 0. The molecule has 6 heteroatoms. The molecule has 1 aromatic carbocycles. The first kappa shape index (κ1) is 15.6. The molecule has 0 amide bonds. The summed E-state index contributed by atoms with van der Waals surface area (Å²) in [4.78, 5) is 0. The quantitative estimate of drug-likeness (QED) is 0.301. The highest BCUT2D eigenvalue weighted by atomic mass is 19.4. The Hall–Kier alpha value is -1.46. The Labute approximate surface area is 110 Å². The molecule has 0 saturated carbocycles. The molecule has 0 radical (unpaired) electrons. The standard InChI is InChI=1S/C13H16BF4O/c1-2-3-4-5-6-9-19-13-8-7-11(15)10-12(13)14(16,17)18/h2,7-8,10H,1,3-6,9H2/q-1. The number of benzene rings is 1. The predicted octanol–water partition coefficient (Wildman–Crippen LogP) is 4.01. The molecule has 0 fully saturated rings. The van der Waals surface area contributed by atoms with Crippen molar-refractivity contribution >= 4 is 12.4 Å². The summed E-state index contributed by atoms with van der Waals surface area (Å²) in [5.41, 5.74) is -1.01. The summed E-state index contributed by atoms with van der Waals surface area (Å²) in [6, 6.07) is 2.48. The summed E-state index contributed by atoms with van der Waals surface area (Å²) in [6.07, 6.45) is 5.14. The van der Waals surface area contributed by atoms with Crippen molar-refractivity contribution < 1.29 is 22.1 Å². The fourth-order valence-corrected chi connectivity index (χ4v) is 1.66. The van der Waals surface area contributed by atoms with Crippen LogP contribution in [0.2, 0.25) is 0 Å². The molecule has 0 atom stereocenters. The summed E-state index contributed by atoms with van der Waals surface area (Å²) < 4.78 is 56.1. The summed E-state index contributed by atoms with van der Waals surface area (Å²) in [5, 5.41) is 0. The van der Waals surface area contributed by atoms with Gasteiger partial charge in [-0.25, -0.2) is 4.39 Å². The van der Waals surface area contributed by atoms with E-state index in [1.54, 1.807) is 6.08 Å². The molecular weight excluding hydrogens is 259 g/mol. The van der Waals surface area contributed by atoms with E-state index in [-0.39, 0.29) is 12.4 Å². The zero-order valence-corrected chi connectivity index (χ0v) is 10.5. The molecule has 0 unspecified atom stereocenters. The van der Waals surface area contributed by atoms with Crippen molar-refractivity contribution in [2.75, 3.05) is 6.61 Å². The van der Waals surface area contributed by atoms with Gasteiger partial charge in [0, 0.05) is 0 Å². The van der Waals surface area contributed by atoms with E-state index >= 15 is 0 Å². The molecule has 19 heavy (non-hydrogen) atoms. The van der Waals surface area contributed by atoms with Gasteiger partial charge in [-0.15, -0.1) is 6.58 Å². The third kappa shape index (κ3) is 5.36. The van der Waals surface area contributed by atoms with Crippen molar-refractivity contribution in [3.63, 3.8) is 0 Å². The monoisotopic (exact) mass is 275 g/mol. The van der Waals surface area contributed by atoms with Crippen molar-refractivity contribution in [1.82, 2.24) is 0 Å². The van der Waals surface area contributed by atoms with Crippen LogP contribution in [0, 0.1) is 5.82 Å². The fourth-order valence-electron chi connectivity index (χ4n) is 1.66. The smallest absolute Gasteiger partial charge is 0.497 e. The fraction of sp³-hybridized carbons (Fsp3) is 0.385. The Morgan fingerprint density at radius 1 is 1.16 bits per heavy atom. The van der Waals surface area contributed by atoms with Crippen molar-refractivity contribution in [3.8, 4) is 5.75 Å². The van der Waals surface area contributed by atoms with Gasteiger partial charge in [0.1, 0.15) is 5.82 Å². The van der Waals surface area contributed by atoms with Crippen LogP contribution in [-0.2, 0) is 0 Å². The topological polar surface area (TPSA) is 9.23 Å². The zero-order valence-electron chi connectivity index (χ0n) is 10.5. The van der Waals surface area contributed by atoms with E-state index in [0.29, 0.717) is 12.5 Å². The molecule has 1 aromatic rings. The van der Waals surface area contributed by atoms with Crippen LogP contribution in [0.25, 0.3) is 0 Å². The van der Waals surface area contributed by atoms with Crippen LogP contribution >= 0.6 is 0 Å². The van der Waals surface area contributed by atoms with E-state index in [0.717, 1.165) is 31.4 Å². The largest absolute Gasteiger partial charge is 0.513 e. The second kappa shape index (κ2) is 7.21. The Morgan fingerprint density at radius 3 is 2.53 bits per heavy atom. The third-order valence-corrected chi connectivity index (χ3v) is 2.63. The van der Waals surface area contributed by atoms with Crippen LogP contribution in [0.15, 0.2) is 30.9 Å². The highest BCUT2D eigenvalue weighted by Crippen LogP contribution is 2.19. The van der Waals surface area contributed by atoms with Crippen LogP contribution in [0.3, 0.4) is 0 Å². The van der Waals surface area contributed by atoms with Gasteiger partial charge in [0.15, 0.2) is 0 Å². The molecule has 0 saturated heterocycles. The van der Waals surface area contributed by atoms with Crippen molar-refractivity contribution in [1.29, 1.82) is 0 Å². The average molecular weight is 275 g/mol. The summed E-state index contributed by atoms with van der Waals surface area (Å²) in [5.74, 6) is -1.20. The highest BCUT2D eigenvalue weighted by molar-refractivity contribution is 6.74. The number of allylic oxidation sites excluding steroid dienone is 1. The highest BCUT2D eigenvalue weighted by Gasteiger charge is 2.29. The van der Waals surface area contributed by atoms with Crippen LogP contribution in [0.5, 0.6) is 5.75 Å². The van der Waals surface area contributed by atoms with Crippen LogP contribution in [0.1, 0.15) is 25.7 Å². The number of halogens is 4. The first-order chi connectivity index (χ1) is 8.95. The number of ether oxygens (including phenoxy) is 1. The Morgan fingerprint density at radius 2 is 1.89 bits per heavy atom. The van der Waals surface area contributed by atoms with Crippen molar-refractivity contribution in [2.45, 2.75) is 25.7 Å². The maximum Gasteiger partial charge on any atom is 0.513 e. The van der Waals surface area contributed by atoms with Crippen LogP contribution < -0.4 is 10.2 Å². The number of rotatable bonds is 8. The number of hydrogen-bond acceptors (Lipinski definition) is 1. The lowest BCUT2D eigenvalue weighted by molar-refractivity contribution is 0.306. The van der Waals surface area contributed by atoms with Crippen LogP contribution in [0.4, 0.5) is 17.3 Å². The zero-order chi connectivity index (χ0) is 14.3. The lowest BCUT2D eigenvalue weighted by Crippen LogP contribution is -2.35.